The molecule has 2 aliphatic rings. The quantitative estimate of drug-likeness (QED) is 0.342. The van der Waals surface area contributed by atoms with Gasteiger partial charge in [-0.3, -0.25) is 4.99 Å². The molecule has 116 valence electrons. The molecule has 0 saturated heterocycles. The molecule has 0 bridgehead atoms. The highest BCUT2D eigenvalue weighted by molar-refractivity contribution is 5.79. The Hall–Kier alpha value is -0.810. The Morgan fingerprint density at radius 3 is 2.15 bits per heavy atom. The van der Waals surface area contributed by atoms with E-state index in [4.69, 9.17) is 9.47 Å². The van der Waals surface area contributed by atoms with Crippen molar-refractivity contribution in [3.8, 4) is 0 Å². The van der Waals surface area contributed by atoms with Gasteiger partial charge in [-0.15, -0.1) is 0 Å². The summed E-state index contributed by atoms with van der Waals surface area (Å²) < 4.78 is 11.2. The molecule has 0 aliphatic heterocycles. The predicted octanol–water partition coefficient (Wildman–Crippen LogP) is 1.39. The Morgan fingerprint density at radius 1 is 0.950 bits per heavy atom. The molecule has 0 spiro atoms. The molecule has 20 heavy (non-hydrogen) atoms. The Balaban J connectivity index is 1.36. The van der Waals surface area contributed by atoms with Crippen LogP contribution in [0.1, 0.15) is 32.1 Å². The summed E-state index contributed by atoms with van der Waals surface area (Å²) in [5.41, 5.74) is 0. The third-order valence-corrected chi connectivity index (χ3v) is 3.62. The lowest BCUT2D eigenvalue weighted by atomic mass is 10.4. The summed E-state index contributed by atoms with van der Waals surface area (Å²) in [6, 6.07) is 0. The molecule has 2 aliphatic carbocycles. The number of hydrogen-bond acceptors (Lipinski definition) is 3. The van der Waals surface area contributed by atoms with Gasteiger partial charge in [0.25, 0.3) is 0 Å². The van der Waals surface area contributed by atoms with E-state index in [0.29, 0.717) is 0 Å². The first-order chi connectivity index (χ1) is 9.88. The summed E-state index contributed by atoms with van der Waals surface area (Å²) in [4.78, 5) is 4.19. The van der Waals surface area contributed by atoms with E-state index in [2.05, 4.69) is 15.6 Å². The van der Waals surface area contributed by atoms with Crippen LogP contribution in [-0.2, 0) is 9.47 Å². The average molecular weight is 283 g/mol. The van der Waals surface area contributed by atoms with E-state index in [1.807, 2.05) is 0 Å². The van der Waals surface area contributed by atoms with Gasteiger partial charge < -0.3 is 20.1 Å². The zero-order valence-corrected chi connectivity index (χ0v) is 12.7. The van der Waals surface area contributed by atoms with Gasteiger partial charge in [0.15, 0.2) is 5.96 Å². The molecule has 0 amide bonds. The largest absolute Gasteiger partial charge is 0.381 e. The highest BCUT2D eigenvalue weighted by Crippen LogP contribution is 2.29. The lowest BCUT2D eigenvalue weighted by Gasteiger charge is -2.12. The van der Waals surface area contributed by atoms with Gasteiger partial charge in [0.1, 0.15) is 0 Å². The maximum absolute atomic E-state index is 5.59. The van der Waals surface area contributed by atoms with Gasteiger partial charge in [-0.05, 0) is 43.9 Å². The van der Waals surface area contributed by atoms with Gasteiger partial charge >= 0.3 is 0 Å². The SMILES string of the molecule is CN=C(NCCCOCC1CC1)NCCOCC1CC1. The minimum atomic E-state index is 0.752. The van der Waals surface area contributed by atoms with Gasteiger partial charge in [-0.1, -0.05) is 0 Å². The normalized spacial score (nSPS) is 19.1. The van der Waals surface area contributed by atoms with E-state index in [9.17, 15) is 0 Å². The van der Waals surface area contributed by atoms with E-state index in [1.165, 1.54) is 25.7 Å². The summed E-state index contributed by atoms with van der Waals surface area (Å²) in [5.74, 6) is 2.54. The van der Waals surface area contributed by atoms with Crippen LogP contribution >= 0.6 is 0 Å². The molecule has 2 N–H and O–H groups in total. The van der Waals surface area contributed by atoms with Crippen molar-refractivity contribution >= 4 is 5.96 Å². The van der Waals surface area contributed by atoms with Crippen molar-refractivity contribution in [3.05, 3.63) is 0 Å². The average Bonchev–Trinajstić information content (AvgIpc) is 3.34. The van der Waals surface area contributed by atoms with Gasteiger partial charge in [0.2, 0.25) is 0 Å². The Kier molecular flexibility index (Phi) is 7.15. The van der Waals surface area contributed by atoms with Crippen LogP contribution in [0.15, 0.2) is 4.99 Å². The van der Waals surface area contributed by atoms with E-state index in [0.717, 1.165) is 63.7 Å². The van der Waals surface area contributed by atoms with Crippen molar-refractivity contribution in [3.63, 3.8) is 0 Å². The molecule has 5 nitrogen and oxygen atoms in total. The van der Waals surface area contributed by atoms with Crippen LogP contribution in [0.4, 0.5) is 0 Å². The fourth-order valence-electron chi connectivity index (χ4n) is 1.91. The van der Waals surface area contributed by atoms with Crippen LogP contribution in [0.2, 0.25) is 0 Å². The molecule has 0 unspecified atom stereocenters. The number of nitrogens with zero attached hydrogens (tertiary/aromatic N) is 1. The second-order valence-electron chi connectivity index (χ2n) is 5.82. The number of ether oxygens (including phenoxy) is 2. The van der Waals surface area contributed by atoms with Gasteiger partial charge in [-0.25, -0.2) is 0 Å². The smallest absolute Gasteiger partial charge is 0.191 e. The van der Waals surface area contributed by atoms with Gasteiger partial charge in [0.05, 0.1) is 6.61 Å². The third kappa shape index (κ3) is 7.70. The maximum atomic E-state index is 5.59. The monoisotopic (exact) mass is 283 g/mol. The third-order valence-electron chi connectivity index (χ3n) is 3.62. The molecular weight excluding hydrogens is 254 g/mol. The van der Waals surface area contributed by atoms with Gasteiger partial charge in [0, 0.05) is 40.0 Å². The van der Waals surface area contributed by atoms with Crippen LogP contribution < -0.4 is 10.6 Å². The van der Waals surface area contributed by atoms with Crippen LogP contribution in [0.3, 0.4) is 0 Å². The molecule has 0 aromatic carbocycles. The molecule has 2 fully saturated rings. The zero-order valence-electron chi connectivity index (χ0n) is 12.7. The van der Waals surface area contributed by atoms with E-state index >= 15 is 0 Å². The molecule has 2 saturated carbocycles. The van der Waals surface area contributed by atoms with Crippen molar-refractivity contribution in [2.24, 2.45) is 16.8 Å². The fraction of sp³-hybridized carbons (Fsp3) is 0.933. The topological polar surface area (TPSA) is 54.9 Å². The first-order valence-electron chi connectivity index (χ1n) is 7.98. The molecule has 0 heterocycles. The number of hydrogen-bond donors (Lipinski definition) is 2. The summed E-state index contributed by atoms with van der Waals surface area (Å²) in [6.45, 7) is 5.17. The fourth-order valence-corrected chi connectivity index (χ4v) is 1.91. The second kappa shape index (κ2) is 9.19. The lowest BCUT2D eigenvalue weighted by molar-refractivity contribution is 0.122. The molecule has 0 atom stereocenters. The lowest BCUT2D eigenvalue weighted by Crippen LogP contribution is -2.39. The Morgan fingerprint density at radius 2 is 1.55 bits per heavy atom. The minimum Gasteiger partial charge on any atom is -0.381 e. The van der Waals surface area contributed by atoms with E-state index in [-0.39, 0.29) is 0 Å². The van der Waals surface area contributed by atoms with Gasteiger partial charge in [-0.2, -0.15) is 0 Å². The van der Waals surface area contributed by atoms with Crippen molar-refractivity contribution in [2.45, 2.75) is 32.1 Å². The predicted molar refractivity (Wildman–Crippen MR) is 81.1 cm³/mol. The van der Waals surface area contributed by atoms with Crippen LogP contribution in [0.5, 0.6) is 0 Å². The number of rotatable bonds is 11. The van der Waals surface area contributed by atoms with E-state index in [1.54, 1.807) is 7.05 Å². The molecule has 0 aromatic rings. The highest BCUT2D eigenvalue weighted by atomic mass is 16.5. The molecule has 0 aromatic heterocycles. The number of nitrogens with one attached hydrogen (secondary N) is 2. The summed E-state index contributed by atoms with van der Waals surface area (Å²) in [5, 5.41) is 6.54. The summed E-state index contributed by atoms with van der Waals surface area (Å²) in [6.07, 6.45) is 6.43. The van der Waals surface area contributed by atoms with Crippen LogP contribution in [-0.4, -0.2) is 52.5 Å². The second-order valence-corrected chi connectivity index (χ2v) is 5.82. The Labute approximate surface area is 122 Å². The molecular formula is C15H29N3O2. The van der Waals surface area contributed by atoms with Crippen molar-refractivity contribution < 1.29 is 9.47 Å². The van der Waals surface area contributed by atoms with Crippen molar-refractivity contribution in [1.82, 2.24) is 10.6 Å². The minimum absolute atomic E-state index is 0.752. The summed E-state index contributed by atoms with van der Waals surface area (Å²) >= 11 is 0. The van der Waals surface area contributed by atoms with Crippen molar-refractivity contribution in [1.29, 1.82) is 0 Å². The first kappa shape index (κ1) is 15.6. The molecule has 0 radical (unpaired) electrons. The van der Waals surface area contributed by atoms with Crippen molar-refractivity contribution in [2.75, 3.05) is 46.6 Å². The first-order valence-corrected chi connectivity index (χ1v) is 7.98. The standard InChI is InChI=1S/C15H29N3O2/c1-16-15(18-8-10-20-12-14-5-6-14)17-7-2-9-19-11-13-3-4-13/h13-14H,2-12H2,1H3,(H2,16,17,18). The van der Waals surface area contributed by atoms with E-state index < -0.39 is 0 Å². The number of guanidine groups is 1. The molecule has 2 rings (SSSR count). The maximum Gasteiger partial charge on any atom is 0.191 e. The van der Waals surface area contributed by atoms with Crippen LogP contribution in [0, 0.1) is 11.8 Å². The molecule has 5 heteroatoms. The van der Waals surface area contributed by atoms with Crippen LogP contribution in [0.25, 0.3) is 0 Å². The summed E-state index contributed by atoms with van der Waals surface area (Å²) in [7, 11) is 1.80. The number of aliphatic imine (C=N–C) groups is 1. The zero-order chi connectivity index (χ0) is 14.0. The Bertz CT molecular complexity index is 289. The highest BCUT2D eigenvalue weighted by Gasteiger charge is 2.21.